The summed E-state index contributed by atoms with van der Waals surface area (Å²) < 4.78 is 5.33. The van der Waals surface area contributed by atoms with Crippen molar-refractivity contribution < 1.29 is 14.6 Å². The van der Waals surface area contributed by atoms with Gasteiger partial charge in [-0.05, 0) is 23.1 Å². The summed E-state index contributed by atoms with van der Waals surface area (Å²) in [6.45, 7) is 0. The van der Waals surface area contributed by atoms with Crippen molar-refractivity contribution in [1.82, 2.24) is 5.32 Å². The maximum absolute atomic E-state index is 12.5. The Kier molecular flexibility index (Phi) is 4.22. The van der Waals surface area contributed by atoms with Gasteiger partial charge in [-0.25, -0.2) is 0 Å². The molecule has 0 radical (unpaired) electrons. The molecule has 0 bridgehead atoms. The van der Waals surface area contributed by atoms with Crippen LogP contribution in [0.4, 0.5) is 0 Å². The Labute approximate surface area is 129 Å². The first kappa shape index (κ1) is 14.8. The summed E-state index contributed by atoms with van der Waals surface area (Å²) in [5, 5.41) is 13.3. The molecule has 0 heterocycles. The van der Waals surface area contributed by atoms with E-state index in [2.05, 4.69) is 5.32 Å². The van der Waals surface area contributed by atoms with Gasteiger partial charge in [0.15, 0.2) is 6.10 Å². The first-order valence-electron chi connectivity index (χ1n) is 7.34. The normalized spacial score (nSPS) is 21.2. The topological polar surface area (TPSA) is 58.6 Å². The van der Waals surface area contributed by atoms with E-state index in [1.165, 1.54) is 7.11 Å². The summed E-state index contributed by atoms with van der Waals surface area (Å²) in [7, 11) is 1.51. The van der Waals surface area contributed by atoms with E-state index >= 15 is 0 Å². The predicted octanol–water partition coefficient (Wildman–Crippen LogP) is 2.15. The number of amides is 1. The number of rotatable bonds is 4. The summed E-state index contributed by atoms with van der Waals surface area (Å²) in [6.07, 6.45) is -0.709. The molecule has 1 aliphatic carbocycles. The van der Waals surface area contributed by atoms with Crippen molar-refractivity contribution in [3.8, 4) is 0 Å². The molecule has 1 aliphatic rings. The number of hydrogen-bond donors (Lipinski definition) is 2. The number of benzene rings is 2. The maximum atomic E-state index is 12.5. The van der Waals surface area contributed by atoms with E-state index in [-0.39, 0.29) is 11.9 Å². The van der Waals surface area contributed by atoms with E-state index in [1.807, 2.05) is 54.6 Å². The largest absolute Gasteiger partial charge is 0.386 e. The molecular weight excluding hydrogens is 278 g/mol. The molecular formula is C18H19NO3. The van der Waals surface area contributed by atoms with E-state index in [4.69, 9.17) is 4.74 Å². The standard InChI is InChI=1S/C18H19NO3/c1-22-17(12-7-3-2-4-8-12)18(21)19-15-11-13-9-5-6-10-14(13)16(15)20/h2-10,15-17,20H,11H2,1H3,(H,19,21)/t15-,16+,17-/m0/s1. The van der Waals surface area contributed by atoms with Crippen LogP contribution in [0, 0.1) is 0 Å². The molecule has 22 heavy (non-hydrogen) atoms. The van der Waals surface area contributed by atoms with E-state index in [0.717, 1.165) is 16.7 Å². The second-order valence-corrected chi connectivity index (χ2v) is 5.49. The minimum Gasteiger partial charge on any atom is -0.386 e. The molecule has 2 N–H and O–H groups in total. The minimum absolute atomic E-state index is 0.231. The molecule has 0 saturated heterocycles. The summed E-state index contributed by atoms with van der Waals surface area (Å²) in [5.41, 5.74) is 2.77. The molecule has 2 aromatic carbocycles. The van der Waals surface area contributed by atoms with E-state index in [1.54, 1.807) is 0 Å². The number of aliphatic hydroxyl groups excluding tert-OH is 1. The number of hydrogen-bond acceptors (Lipinski definition) is 3. The highest BCUT2D eigenvalue weighted by Gasteiger charge is 2.33. The molecule has 0 unspecified atom stereocenters. The lowest BCUT2D eigenvalue weighted by atomic mass is 10.1. The number of carbonyl (C=O) groups excluding carboxylic acids is 1. The van der Waals surface area contributed by atoms with Crippen molar-refractivity contribution in [2.75, 3.05) is 7.11 Å². The van der Waals surface area contributed by atoms with Crippen LogP contribution in [0.3, 0.4) is 0 Å². The number of carbonyl (C=O) groups is 1. The van der Waals surface area contributed by atoms with Gasteiger partial charge < -0.3 is 15.2 Å². The smallest absolute Gasteiger partial charge is 0.254 e. The molecule has 3 rings (SSSR count). The van der Waals surface area contributed by atoms with Crippen LogP contribution < -0.4 is 5.32 Å². The molecule has 0 fully saturated rings. The quantitative estimate of drug-likeness (QED) is 0.909. The van der Waals surface area contributed by atoms with Gasteiger partial charge in [-0.3, -0.25) is 4.79 Å². The van der Waals surface area contributed by atoms with Gasteiger partial charge in [0.05, 0.1) is 12.1 Å². The van der Waals surface area contributed by atoms with Gasteiger partial charge in [-0.2, -0.15) is 0 Å². The molecule has 0 aromatic heterocycles. The SMILES string of the molecule is CO[C@H](C(=O)N[C@H]1Cc2ccccc2[C@H]1O)c1ccccc1. The van der Waals surface area contributed by atoms with Crippen molar-refractivity contribution in [3.63, 3.8) is 0 Å². The zero-order valence-electron chi connectivity index (χ0n) is 12.4. The number of nitrogens with one attached hydrogen (secondary N) is 1. The molecule has 2 aromatic rings. The van der Waals surface area contributed by atoms with Crippen molar-refractivity contribution in [2.24, 2.45) is 0 Å². The fourth-order valence-electron chi connectivity index (χ4n) is 2.98. The van der Waals surface area contributed by atoms with Gasteiger partial charge in [0.2, 0.25) is 0 Å². The lowest BCUT2D eigenvalue weighted by Crippen LogP contribution is -2.41. The Morgan fingerprint density at radius 2 is 1.86 bits per heavy atom. The Morgan fingerprint density at radius 1 is 1.18 bits per heavy atom. The van der Waals surface area contributed by atoms with Crippen LogP contribution in [0.2, 0.25) is 0 Å². The first-order chi connectivity index (χ1) is 10.7. The molecule has 1 amide bonds. The van der Waals surface area contributed by atoms with Crippen LogP contribution in [0.15, 0.2) is 54.6 Å². The highest BCUT2D eigenvalue weighted by molar-refractivity contribution is 5.82. The third-order valence-corrected chi connectivity index (χ3v) is 4.10. The lowest BCUT2D eigenvalue weighted by molar-refractivity contribution is -0.133. The number of methoxy groups -OCH3 is 1. The van der Waals surface area contributed by atoms with Crippen LogP contribution >= 0.6 is 0 Å². The zero-order valence-corrected chi connectivity index (χ0v) is 12.4. The van der Waals surface area contributed by atoms with E-state index in [0.29, 0.717) is 6.42 Å². The van der Waals surface area contributed by atoms with Crippen LogP contribution in [0.1, 0.15) is 28.9 Å². The number of aliphatic hydroxyl groups is 1. The van der Waals surface area contributed by atoms with Crippen molar-refractivity contribution >= 4 is 5.91 Å². The summed E-state index contributed by atoms with van der Waals surface area (Å²) in [6, 6.07) is 16.8. The molecule has 4 heteroatoms. The average Bonchev–Trinajstić information content (AvgIpc) is 2.86. The maximum Gasteiger partial charge on any atom is 0.254 e. The highest BCUT2D eigenvalue weighted by Crippen LogP contribution is 2.31. The highest BCUT2D eigenvalue weighted by atomic mass is 16.5. The Bertz CT molecular complexity index is 656. The summed E-state index contributed by atoms with van der Waals surface area (Å²) in [5.74, 6) is -0.231. The van der Waals surface area contributed by atoms with Gasteiger partial charge >= 0.3 is 0 Å². The monoisotopic (exact) mass is 297 g/mol. The van der Waals surface area contributed by atoms with Crippen molar-refractivity contribution in [2.45, 2.75) is 24.7 Å². The Morgan fingerprint density at radius 3 is 2.55 bits per heavy atom. The van der Waals surface area contributed by atoms with Crippen LogP contribution in [0.5, 0.6) is 0 Å². The molecule has 3 atom stereocenters. The predicted molar refractivity (Wildman–Crippen MR) is 83.2 cm³/mol. The molecule has 0 spiro atoms. The van der Waals surface area contributed by atoms with Gasteiger partial charge in [0.25, 0.3) is 5.91 Å². The second-order valence-electron chi connectivity index (χ2n) is 5.49. The van der Waals surface area contributed by atoms with Gasteiger partial charge in [0.1, 0.15) is 0 Å². The van der Waals surface area contributed by atoms with Crippen molar-refractivity contribution in [3.05, 3.63) is 71.3 Å². The minimum atomic E-state index is -0.673. The van der Waals surface area contributed by atoms with Crippen molar-refractivity contribution in [1.29, 1.82) is 0 Å². The van der Waals surface area contributed by atoms with Crippen LogP contribution in [-0.4, -0.2) is 24.2 Å². The number of fused-ring (bicyclic) bond motifs is 1. The van der Waals surface area contributed by atoms with Crippen LogP contribution in [-0.2, 0) is 16.0 Å². The molecule has 114 valence electrons. The fourth-order valence-corrected chi connectivity index (χ4v) is 2.98. The second kappa shape index (κ2) is 6.30. The Hall–Kier alpha value is -2.17. The number of ether oxygens (including phenoxy) is 1. The third-order valence-electron chi connectivity index (χ3n) is 4.10. The zero-order chi connectivity index (χ0) is 15.5. The summed E-state index contributed by atoms with van der Waals surface area (Å²) >= 11 is 0. The molecule has 4 nitrogen and oxygen atoms in total. The van der Waals surface area contributed by atoms with E-state index < -0.39 is 12.2 Å². The third kappa shape index (κ3) is 2.75. The van der Waals surface area contributed by atoms with Gasteiger partial charge in [0, 0.05) is 7.11 Å². The Balaban J connectivity index is 1.72. The van der Waals surface area contributed by atoms with Gasteiger partial charge in [-0.15, -0.1) is 0 Å². The molecule has 0 aliphatic heterocycles. The first-order valence-corrected chi connectivity index (χ1v) is 7.34. The molecule has 0 saturated carbocycles. The van der Waals surface area contributed by atoms with Crippen LogP contribution in [0.25, 0.3) is 0 Å². The lowest BCUT2D eigenvalue weighted by Gasteiger charge is -2.21. The van der Waals surface area contributed by atoms with E-state index in [9.17, 15) is 9.90 Å². The fraction of sp³-hybridized carbons (Fsp3) is 0.278. The summed E-state index contributed by atoms with van der Waals surface area (Å²) in [4.78, 5) is 12.5. The average molecular weight is 297 g/mol. The van der Waals surface area contributed by atoms with Gasteiger partial charge in [-0.1, -0.05) is 54.6 Å².